The molecule has 4 rings (SSSR count). The maximum atomic E-state index is 9.06. The minimum absolute atomic E-state index is 0.655. The van der Waals surface area contributed by atoms with E-state index in [4.69, 9.17) is 5.26 Å². The van der Waals surface area contributed by atoms with Gasteiger partial charge in [0.15, 0.2) is 5.01 Å². The highest BCUT2D eigenvalue weighted by Crippen LogP contribution is 2.36. The molecule has 120 valence electrons. The van der Waals surface area contributed by atoms with E-state index in [0.717, 1.165) is 21.7 Å². The van der Waals surface area contributed by atoms with Crippen molar-refractivity contribution in [2.24, 2.45) is 0 Å². The van der Waals surface area contributed by atoms with Crippen molar-refractivity contribution in [2.45, 2.75) is 25.2 Å². The Bertz CT molecular complexity index is 1010. The molecule has 1 saturated carbocycles. The second-order valence-corrected chi connectivity index (χ2v) is 7.09. The lowest BCUT2D eigenvalue weighted by molar-refractivity contribution is 0.412. The average Bonchev–Trinajstić information content (AvgIpc) is 3.07. The summed E-state index contributed by atoms with van der Waals surface area (Å²) < 4.78 is 0. The molecule has 1 heterocycles. The van der Waals surface area contributed by atoms with Crippen molar-refractivity contribution >= 4 is 11.3 Å². The molecule has 1 aliphatic rings. The molecular weight excluding hydrogens is 324 g/mol. The van der Waals surface area contributed by atoms with Gasteiger partial charge in [0.1, 0.15) is 0 Å². The molecule has 3 heteroatoms. The molecule has 25 heavy (non-hydrogen) atoms. The van der Waals surface area contributed by atoms with Gasteiger partial charge in [-0.15, -0.1) is 11.3 Å². The van der Waals surface area contributed by atoms with Crippen LogP contribution in [0.5, 0.6) is 0 Å². The molecule has 3 aromatic rings. The van der Waals surface area contributed by atoms with E-state index in [0.29, 0.717) is 11.5 Å². The number of nitriles is 1. The van der Waals surface area contributed by atoms with Gasteiger partial charge in [0, 0.05) is 16.9 Å². The van der Waals surface area contributed by atoms with E-state index in [1.807, 2.05) is 42.5 Å². The van der Waals surface area contributed by atoms with Crippen LogP contribution >= 0.6 is 11.3 Å². The van der Waals surface area contributed by atoms with Gasteiger partial charge in [0.25, 0.3) is 0 Å². The van der Waals surface area contributed by atoms with Crippen LogP contribution < -0.4 is 0 Å². The van der Waals surface area contributed by atoms with Crippen LogP contribution in [0.4, 0.5) is 0 Å². The van der Waals surface area contributed by atoms with Gasteiger partial charge in [-0.2, -0.15) is 5.26 Å². The predicted octanol–water partition coefficient (Wildman–Crippen LogP) is 5.35. The first kappa shape index (κ1) is 15.6. The first-order chi connectivity index (χ1) is 12.3. The zero-order valence-electron chi connectivity index (χ0n) is 13.7. The fourth-order valence-corrected chi connectivity index (χ4v) is 3.65. The SMILES string of the molecule is N#Cc1cccc(-c2cccc(C#Cc3nc(C4CCC4)cs3)c2)c1. The lowest BCUT2D eigenvalue weighted by Gasteiger charge is -2.22. The lowest BCUT2D eigenvalue weighted by Crippen LogP contribution is -2.08. The van der Waals surface area contributed by atoms with Crippen molar-refractivity contribution in [1.82, 2.24) is 4.98 Å². The number of benzene rings is 2. The molecule has 0 unspecified atom stereocenters. The molecule has 0 N–H and O–H groups in total. The Morgan fingerprint density at radius 1 is 0.960 bits per heavy atom. The third kappa shape index (κ3) is 3.48. The van der Waals surface area contributed by atoms with Crippen molar-refractivity contribution in [1.29, 1.82) is 5.26 Å². The summed E-state index contributed by atoms with van der Waals surface area (Å²) in [5.41, 5.74) is 4.94. The maximum absolute atomic E-state index is 9.06. The van der Waals surface area contributed by atoms with Gasteiger partial charge in [-0.25, -0.2) is 4.98 Å². The fraction of sp³-hybridized carbons (Fsp3) is 0.182. The number of thiazole rings is 1. The van der Waals surface area contributed by atoms with Crippen LogP contribution in [-0.2, 0) is 0 Å². The van der Waals surface area contributed by atoms with Crippen molar-refractivity contribution in [3.05, 3.63) is 75.7 Å². The first-order valence-electron chi connectivity index (χ1n) is 8.40. The molecule has 0 spiro atoms. The number of hydrogen-bond donors (Lipinski definition) is 0. The monoisotopic (exact) mass is 340 g/mol. The second kappa shape index (κ2) is 6.93. The number of rotatable bonds is 2. The van der Waals surface area contributed by atoms with Crippen LogP contribution in [0.15, 0.2) is 53.9 Å². The highest BCUT2D eigenvalue weighted by Gasteiger charge is 2.21. The Morgan fingerprint density at radius 2 is 1.68 bits per heavy atom. The van der Waals surface area contributed by atoms with Gasteiger partial charge in [-0.05, 0) is 54.2 Å². The van der Waals surface area contributed by atoms with Gasteiger partial charge < -0.3 is 0 Å². The van der Waals surface area contributed by atoms with Gasteiger partial charge in [-0.3, -0.25) is 0 Å². The average molecular weight is 340 g/mol. The van der Waals surface area contributed by atoms with Crippen LogP contribution in [0, 0.1) is 23.2 Å². The molecule has 0 radical (unpaired) electrons. The summed E-state index contributed by atoms with van der Waals surface area (Å²) in [5.74, 6) is 7.07. The molecule has 2 nitrogen and oxygen atoms in total. The molecule has 1 aliphatic carbocycles. The van der Waals surface area contributed by atoms with E-state index < -0.39 is 0 Å². The van der Waals surface area contributed by atoms with Crippen LogP contribution in [0.2, 0.25) is 0 Å². The highest BCUT2D eigenvalue weighted by molar-refractivity contribution is 7.10. The van der Waals surface area contributed by atoms with E-state index in [1.54, 1.807) is 11.3 Å². The normalized spacial score (nSPS) is 13.4. The Morgan fingerprint density at radius 3 is 2.36 bits per heavy atom. The minimum atomic E-state index is 0.655. The standard InChI is InChI=1S/C22H16N2S/c23-14-17-5-2-9-20(13-17)19-8-1-4-16(12-19)10-11-22-24-21(15-25-22)18-6-3-7-18/h1-2,4-5,8-9,12-13,15,18H,3,6-7H2. The van der Waals surface area contributed by atoms with Crippen molar-refractivity contribution in [2.75, 3.05) is 0 Å². The van der Waals surface area contributed by atoms with Crippen LogP contribution in [-0.4, -0.2) is 4.98 Å². The van der Waals surface area contributed by atoms with E-state index in [9.17, 15) is 0 Å². The van der Waals surface area contributed by atoms with Crippen molar-refractivity contribution < 1.29 is 0 Å². The molecule has 2 aromatic carbocycles. The van der Waals surface area contributed by atoms with Crippen LogP contribution in [0.25, 0.3) is 11.1 Å². The molecular formula is C22H16N2S. The molecule has 1 aromatic heterocycles. The van der Waals surface area contributed by atoms with Gasteiger partial charge in [0.05, 0.1) is 17.3 Å². The maximum Gasteiger partial charge on any atom is 0.167 e. The summed E-state index contributed by atoms with van der Waals surface area (Å²) in [4.78, 5) is 4.66. The first-order valence-corrected chi connectivity index (χ1v) is 9.28. The van der Waals surface area contributed by atoms with Crippen molar-refractivity contribution in [3.8, 4) is 29.0 Å². The largest absolute Gasteiger partial charge is 0.232 e. The number of hydrogen-bond acceptors (Lipinski definition) is 3. The molecule has 0 aliphatic heterocycles. The number of nitrogens with zero attached hydrogens (tertiary/aromatic N) is 2. The summed E-state index contributed by atoms with van der Waals surface area (Å²) in [5, 5.41) is 12.1. The Labute approximate surface area is 151 Å². The van der Waals surface area contributed by atoms with E-state index in [1.165, 1.54) is 25.0 Å². The van der Waals surface area contributed by atoms with Crippen LogP contribution in [0.3, 0.4) is 0 Å². The summed E-state index contributed by atoms with van der Waals surface area (Å²) in [6, 6.07) is 17.9. The Kier molecular flexibility index (Phi) is 4.34. The summed E-state index contributed by atoms with van der Waals surface area (Å²) in [6.07, 6.45) is 3.85. The third-order valence-electron chi connectivity index (χ3n) is 4.55. The van der Waals surface area contributed by atoms with Gasteiger partial charge in [0.2, 0.25) is 0 Å². The molecule has 0 bridgehead atoms. The predicted molar refractivity (Wildman–Crippen MR) is 101 cm³/mol. The third-order valence-corrected chi connectivity index (χ3v) is 5.32. The Balaban J connectivity index is 1.58. The smallest absolute Gasteiger partial charge is 0.167 e. The van der Waals surface area contributed by atoms with E-state index in [-0.39, 0.29) is 0 Å². The molecule has 0 saturated heterocycles. The Hall–Kier alpha value is -2.88. The molecule has 0 amide bonds. The zero-order valence-corrected chi connectivity index (χ0v) is 14.5. The van der Waals surface area contributed by atoms with E-state index >= 15 is 0 Å². The summed E-state index contributed by atoms with van der Waals surface area (Å²) in [7, 11) is 0. The number of aromatic nitrogens is 1. The molecule has 0 atom stereocenters. The fourth-order valence-electron chi connectivity index (χ4n) is 2.91. The molecule has 1 fully saturated rings. The minimum Gasteiger partial charge on any atom is -0.232 e. The quantitative estimate of drug-likeness (QED) is 0.590. The summed E-state index contributed by atoms with van der Waals surface area (Å²) in [6.45, 7) is 0. The summed E-state index contributed by atoms with van der Waals surface area (Å²) >= 11 is 1.63. The van der Waals surface area contributed by atoms with Crippen LogP contribution in [0.1, 0.15) is 47.0 Å². The lowest BCUT2D eigenvalue weighted by atomic mass is 9.83. The van der Waals surface area contributed by atoms with Gasteiger partial charge in [-0.1, -0.05) is 36.6 Å². The van der Waals surface area contributed by atoms with Gasteiger partial charge >= 0.3 is 0 Å². The second-order valence-electron chi connectivity index (χ2n) is 6.23. The zero-order chi connectivity index (χ0) is 17.1. The van der Waals surface area contributed by atoms with Crippen molar-refractivity contribution in [3.63, 3.8) is 0 Å². The topological polar surface area (TPSA) is 36.7 Å². The highest BCUT2D eigenvalue weighted by atomic mass is 32.1. The van der Waals surface area contributed by atoms with E-state index in [2.05, 4.69) is 34.3 Å².